The first-order chi connectivity index (χ1) is 17.2. The highest BCUT2D eigenvalue weighted by atomic mass is 35.5. The van der Waals surface area contributed by atoms with Gasteiger partial charge in [-0.2, -0.15) is 5.10 Å². The molecular weight excluding hydrogens is 482 g/mol. The topological polar surface area (TPSA) is 102 Å². The average Bonchev–Trinajstić information content (AvgIpc) is 3.46. The van der Waals surface area contributed by atoms with Crippen molar-refractivity contribution in [1.82, 2.24) is 24.2 Å². The van der Waals surface area contributed by atoms with E-state index in [0.29, 0.717) is 37.5 Å². The number of methoxy groups -OCH3 is 1. The number of carbonyl (C=O) groups is 2. The van der Waals surface area contributed by atoms with Crippen LogP contribution >= 0.6 is 11.6 Å². The lowest BCUT2D eigenvalue weighted by molar-refractivity contribution is -0.150. The second-order valence-corrected chi connectivity index (χ2v) is 10.9. The number of aromatic nitrogens is 4. The van der Waals surface area contributed by atoms with E-state index in [9.17, 15) is 14.7 Å². The number of ether oxygens (including phenoxy) is 1. The summed E-state index contributed by atoms with van der Waals surface area (Å²) in [6, 6.07) is 4.32. The summed E-state index contributed by atoms with van der Waals surface area (Å²) in [5.74, 6) is 0.409. The lowest BCUT2D eigenvalue weighted by atomic mass is 9.71. The maximum atomic E-state index is 12.3. The fourth-order valence-electron chi connectivity index (χ4n) is 5.77. The van der Waals surface area contributed by atoms with Crippen molar-refractivity contribution in [2.45, 2.75) is 71.0 Å². The number of halogens is 1. The summed E-state index contributed by atoms with van der Waals surface area (Å²) >= 11 is 6.11. The third-order valence-electron chi connectivity index (χ3n) is 7.99. The predicted molar refractivity (Wildman–Crippen MR) is 135 cm³/mol. The molecule has 1 atom stereocenters. The van der Waals surface area contributed by atoms with Crippen molar-refractivity contribution in [3.05, 3.63) is 46.5 Å². The highest BCUT2D eigenvalue weighted by Crippen LogP contribution is 2.44. The van der Waals surface area contributed by atoms with Gasteiger partial charge in [-0.1, -0.05) is 17.7 Å². The minimum absolute atomic E-state index is 0.0344. The molecule has 36 heavy (non-hydrogen) atoms. The Hall–Kier alpha value is -3.07. The molecule has 1 amide bonds. The fraction of sp³-hybridized carbons (Fsp3) is 0.538. The molecule has 9 nitrogen and oxygen atoms in total. The molecule has 0 bridgehead atoms. The van der Waals surface area contributed by atoms with Crippen molar-refractivity contribution in [2.24, 2.45) is 5.41 Å². The van der Waals surface area contributed by atoms with E-state index in [1.54, 1.807) is 11.1 Å². The van der Waals surface area contributed by atoms with E-state index < -0.39 is 11.4 Å². The van der Waals surface area contributed by atoms with Crippen LogP contribution in [0.2, 0.25) is 5.02 Å². The molecular formula is C26H32ClN5O4. The number of fused-ring (bicyclic) bond motifs is 3. The Morgan fingerprint density at radius 2 is 2.06 bits per heavy atom. The number of hydrogen-bond acceptors (Lipinski definition) is 5. The molecule has 2 aliphatic rings. The first kappa shape index (κ1) is 24.6. The first-order valence-corrected chi connectivity index (χ1v) is 12.8. The number of carboxylic acids is 1. The van der Waals surface area contributed by atoms with Gasteiger partial charge in [0.2, 0.25) is 0 Å². The maximum absolute atomic E-state index is 12.3. The van der Waals surface area contributed by atoms with Crippen LogP contribution in [0, 0.1) is 5.41 Å². The van der Waals surface area contributed by atoms with Gasteiger partial charge in [0.15, 0.2) is 0 Å². The second-order valence-electron chi connectivity index (χ2n) is 10.4. The van der Waals surface area contributed by atoms with E-state index in [2.05, 4.69) is 28.7 Å². The van der Waals surface area contributed by atoms with Crippen LogP contribution in [0.3, 0.4) is 0 Å². The van der Waals surface area contributed by atoms with Gasteiger partial charge in [-0.3, -0.25) is 9.48 Å². The highest BCUT2D eigenvalue weighted by molar-refractivity contribution is 6.30. The Kier molecular flexibility index (Phi) is 6.44. The summed E-state index contributed by atoms with van der Waals surface area (Å²) in [6.07, 6.45) is 6.64. The van der Waals surface area contributed by atoms with Gasteiger partial charge in [0.1, 0.15) is 5.82 Å². The van der Waals surface area contributed by atoms with E-state index in [4.69, 9.17) is 21.3 Å². The summed E-state index contributed by atoms with van der Waals surface area (Å²) in [4.78, 5) is 31.0. The van der Waals surface area contributed by atoms with E-state index in [1.165, 1.54) is 12.7 Å². The Balaban J connectivity index is 1.57. The monoisotopic (exact) mass is 513 g/mol. The maximum Gasteiger partial charge on any atom is 0.409 e. The fourth-order valence-corrected chi connectivity index (χ4v) is 5.92. The Labute approximate surface area is 215 Å². The van der Waals surface area contributed by atoms with Crippen molar-refractivity contribution < 1.29 is 19.4 Å². The lowest BCUT2D eigenvalue weighted by Crippen LogP contribution is -2.35. The standard InChI is InChI=1S/C26H32ClN5O4/c1-16(13-31-14-19(27)12-28-31)32-21-5-4-17-8-11-30(25(35)36-3)15-20(17)22(21)29-23(32)18-6-9-26(2,10-7-18)24(33)34/h4-5,12,14,16,18H,6-11,13,15H2,1-3H3,(H,33,34)/t16-,18-,26+/m0/s1. The summed E-state index contributed by atoms with van der Waals surface area (Å²) in [5, 5.41) is 14.7. The van der Waals surface area contributed by atoms with Crippen LogP contribution in [0.25, 0.3) is 11.0 Å². The number of aliphatic carboxylic acids is 1. The molecule has 1 N–H and O–H groups in total. The predicted octanol–water partition coefficient (Wildman–Crippen LogP) is 5.02. The van der Waals surface area contributed by atoms with E-state index in [1.807, 2.05) is 17.8 Å². The Morgan fingerprint density at radius 1 is 1.31 bits per heavy atom. The van der Waals surface area contributed by atoms with Gasteiger partial charge in [0.25, 0.3) is 0 Å². The van der Waals surface area contributed by atoms with Crippen LogP contribution < -0.4 is 0 Å². The molecule has 1 aromatic carbocycles. The summed E-state index contributed by atoms with van der Waals surface area (Å²) < 4.78 is 9.10. The van der Waals surface area contributed by atoms with Crippen LogP contribution in [0.4, 0.5) is 4.79 Å². The van der Waals surface area contributed by atoms with E-state index in [0.717, 1.165) is 41.7 Å². The molecule has 5 rings (SSSR count). The zero-order valence-corrected chi connectivity index (χ0v) is 21.7. The molecule has 10 heteroatoms. The smallest absolute Gasteiger partial charge is 0.409 e. The zero-order chi connectivity index (χ0) is 25.6. The number of carbonyl (C=O) groups excluding carboxylic acids is 1. The number of benzene rings is 1. The van der Waals surface area contributed by atoms with Gasteiger partial charge in [-0.05, 0) is 57.6 Å². The number of amides is 1. The zero-order valence-electron chi connectivity index (χ0n) is 20.9. The molecule has 1 saturated carbocycles. The SMILES string of the molecule is COC(=O)N1CCc2ccc3c(nc([C@H]4CC[C@@](C)(C(=O)O)CC4)n3[C@@H](C)Cn3cc(Cl)cn3)c2C1. The molecule has 0 unspecified atom stereocenters. The number of nitrogens with zero attached hydrogens (tertiary/aromatic N) is 5. The number of carboxylic acid groups (broad SMARTS) is 1. The van der Waals surface area contributed by atoms with Crippen LogP contribution in [-0.4, -0.2) is 55.1 Å². The number of hydrogen-bond donors (Lipinski definition) is 1. The van der Waals surface area contributed by atoms with Gasteiger partial charge in [0, 0.05) is 24.2 Å². The minimum Gasteiger partial charge on any atom is -0.481 e. The van der Waals surface area contributed by atoms with Crippen molar-refractivity contribution in [1.29, 1.82) is 0 Å². The van der Waals surface area contributed by atoms with Crippen LogP contribution in [0.5, 0.6) is 0 Å². The lowest BCUT2D eigenvalue weighted by Gasteiger charge is -2.34. The van der Waals surface area contributed by atoms with Crippen molar-refractivity contribution in [3.63, 3.8) is 0 Å². The minimum atomic E-state index is -0.727. The average molecular weight is 514 g/mol. The van der Waals surface area contributed by atoms with Crippen molar-refractivity contribution in [2.75, 3.05) is 13.7 Å². The number of rotatable bonds is 5. The molecule has 2 aromatic heterocycles. The molecule has 3 aromatic rings. The van der Waals surface area contributed by atoms with Gasteiger partial charge in [-0.25, -0.2) is 9.78 Å². The van der Waals surface area contributed by atoms with Gasteiger partial charge in [-0.15, -0.1) is 0 Å². The molecule has 1 aliphatic carbocycles. The third kappa shape index (κ3) is 4.34. The Morgan fingerprint density at radius 3 is 2.69 bits per heavy atom. The van der Waals surface area contributed by atoms with Crippen LogP contribution in [-0.2, 0) is 29.0 Å². The Bertz CT molecular complexity index is 1310. The van der Waals surface area contributed by atoms with Crippen molar-refractivity contribution in [3.8, 4) is 0 Å². The molecule has 0 spiro atoms. The molecule has 1 aliphatic heterocycles. The highest BCUT2D eigenvalue weighted by Gasteiger charge is 2.39. The van der Waals surface area contributed by atoms with Crippen LogP contribution in [0.1, 0.15) is 68.4 Å². The third-order valence-corrected chi connectivity index (χ3v) is 8.18. The van der Waals surface area contributed by atoms with Gasteiger partial charge < -0.3 is 19.3 Å². The largest absolute Gasteiger partial charge is 0.481 e. The van der Waals surface area contributed by atoms with Gasteiger partial charge >= 0.3 is 12.1 Å². The summed E-state index contributed by atoms with van der Waals surface area (Å²) in [6.45, 7) is 5.68. The van der Waals surface area contributed by atoms with Gasteiger partial charge in [0.05, 0.1) is 53.9 Å². The second kappa shape index (κ2) is 9.42. The van der Waals surface area contributed by atoms with Crippen molar-refractivity contribution >= 4 is 34.7 Å². The first-order valence-electron chi connectivity index (χ1n) is 12.5. The summed E-state index contributed by atoms with van der Waals surface area (Å²) in [7, 11) is 1.41. The molecule has 0 saturated heterocycles. The molecule has 3 heterocycles. The normalized spacial score (nSPS) is 22.9. The van der Waals surface area contributed by atoms with Crippen LogP contribution in [0.15, 0.2) is 24.5 Å². The molecule has 1 fully saturated rings. The van der Waals surface area contributed by atoms with E-state index >= 15 is 0 Å². The molecule has 0 radical (unpaired) electrons. The summed E-state index contributed by atoms with van der Waals surface area (Å²) in [5.41, 5.74) is 3.50. The quantitative estimate of drug-likeness (QED) is 0.514. The van der Waals surface area contributed by atoms with E-state index in [-0.39, 0.29) is 18.1 Å². The number of imidazole rings is 1. The molecule has 192 valence electrons.